The fourth-order valence-corrected chi connectivity index (χ4v) is 4.19. The van der Waals surface area contributed by atoms with Gasteiger partial charge in [0.25, 0.3) is 0 Å². The van der Waals surface area contributed by atoms with Crippen LogP contribution in [0.3, 0.4) is 0 Å². The van der Waals surface area contributed by atoms with Gasteiger partial charge in [-0.2, -0.15) is 13.2 Å². The lowest BCUT2D eigenvalue weighted by atomic mass is 9.96. The highest BCUT2D eigenvalue weighted by molar-refractivity contribution is 7.16. The van der Waals surface area contributed by atoms with Crippen molar-refractivity contribution in [1.82, 2.24) is 10.2 Å². The molecule has 1 aliphatic rings. The molecule has 1 atom stereocenters. The van der Waals surface area contributed by atoms with Crippen molar-refractivity contribution in [2.45, 2.75) is 12.2 Å². The van der Waals surface area contributed by atoms with E-state index in [9.17, 15) is 17.6 Å². The number of benzene rings is 1. The number of nitrogens with one attached hydrogen (secondary N) is 1. The maximum Gasteiger partial charge on any atom is 0.416 e. The normalized spacial score (nSPS) is 17.2. The van der Waals surface area contributed by atoms with Gasteiger partial charge in [0.2, 0.25) is 0 Å². The molecule has 0 unspecified atom stereocenters. The van der Waals surface area contributed by atoms with Crippen molar-refractivity contribution >= 4 is 35.3 Å². The summed E-state index contributed by atoms with van der Waals surface area (Å²) in [6.07, 6.45) is -4.62. The SMILES string of the molecule is Cl.Fc1cccc(C(F)(F)F)c1[C@H](c1ccc(Cl)s1)N1CCNCC1. The minimum absolute atomic E-state index is 0. The number of piperazine rings is 1. The van der Waals surface area contributed by atoms with Gasteiger partial charge in [-0.15, -0.1) is 23.7 Å². The van der Waals surface area contributed by atoms with Gasteiger partial charge >= 0.3 is 6.18 Å². The number of hydrogen-bond acceptors (Lipinski definition) is 3. The molecule has 2 nitrogen and oxygen atoms in total. The van der Waals surface area contributed by atoms with Crippen LogP contribution in [0.4, 0.5) is 17.6 Å². The van der Waals surface area contributed by atoms with Gasteiger partial charge in [0.1, 0.15) is 5.82 Å². The van der Waals surface area contributed by atoms with Crippen LogP contribution >= 0.6 is 35.3 Å². The molecule has 2 heterocycles. The molecule has 2 aromatic rings. The van der Waals surface area contributed by atoms with E-state index in [1.54, 1.807) is 12.1 Å². The van der Waals surface area contributed by atoms with Crippen molar-refractivity contribution in [2.75, 3.05) is 26.2 Å². The van der Waals surface area contributed by atoms with Gasteiger partial charge < -0.3 is 5.32 Å². The summed E-state index contributed by atoms with van der Waals surface area (Å²) in [5.74, 6) is -0.849. The molecule has 0 saturated carbocycles. The Labute approximate surface area is 158 Å². The molecule has 1 aliphatic heterocycles. The third kappa shape index (κ3) is 4.46. The van der Waals surface area contributed by atoms with Crippen LogP contribution < -0.4 is 5.32 Å². The smallest absolute Gasteiger partial charge is 0.314 e. The molecule has 1 N–H and O–H groups in total. The Morgan fingerprint density at radius 3 is 2.36 bits per heavy atom. The maximum absolute atomic E-state index is 14.5. The topological polar surface area (TPSA) is 15.3 Å². The fourth-order valence-electron chi connectivity index (χ4n) is 2.98. The van der Waals surface area contributed by atoms with Gasteiger partial charge in [0.15, 0.2) is 0 Å². The molecule has 9 heteroatoms. The molecule has 25 heavy (non-hydrogen) atoms. The van der Waals surface area contributed by atoms with E-state index in [1.807, 2.05) is 4.90 Å². The minimum atomic E-state index is -4.62. The predicted molar refractivity (Wildman–Crippen MR) is 94.3 cm³/mol. The van der Waals surface area contributed by atoms with Crippen molar-refractivity contribution in [2.24, 2.45) is 0 Å². The number of hydrogen-bond donors (Lipinski definition) is 1. The number of alkyl halides is 3. The first-order chi connectivity index (χ1) is 11.4. The second-order valence-corrected chi connectivity index (χ2v) is 7.28. The van der Waals surface area contributed by atoms with Crippen LogP contribution in [0.5, 0.6) is 0 Å². The average Bonchev–Trinajstić information content (AvgIpc) is 2.95. The van der Waals surface area contributed by atoms with Crippen molar-refractivity contribution in [3.8, 4) is 0 Å². The van der Waals surface area contributed by atoms with Gasteiger partial charge in [-0.3, -0.25) is 4.90 Å². The van der Waals surface area contributed by atoms with Crippen LogP contribution in [0.25, 0.3) is 0 Å². The Morgan fingerprint density at radius 1 is 1.12 bits per heavy atom. The summed E-state index contributed by atoms with van der Waals surface area (Å²) >= 11 is 7.15. The highest BCUT2D eigenvalue weighted by atomic mass is 35.5. The Balaban J connectivity index is 0.00000225. The molecule has 1 aromatic carbocycles. The van der Waals surface area contributed by atoms with Crippen LogP contribution in [0, 0.1) is 5.82 Å². The van der Waals surface area contributed by atoms with E-state index in [-0.39, 0.29) is 18.0 Å². The van der Waals surface area contributed by atoms with Gasteiger partial charge in [-0.05, 0) is 24.3 Å². The van der Waals surface area contributed by atoms with Crippen LogP contribution in [0.2, 0.25) is 4.34 Å². The highest BCUT2D eigenvalue weighted by Gasteiger charge is 2.39. The zero-order valence-corrected chi connectivity index (χ0v) is 15.3. The Bertz CT molecular complexity index is 714. The molecular weight excluding hydrogens is 399 g/mol. The van der Waals surface area contributed by atoms with Gasteiger partial charge in [0.05, 0.1) is 15.9 Å². The number of nitrogens with zero attached hydrogens (tertiary/aromatic N) is 1. The summed E-state index contributed by atoms with van der Waals surface area (Å²) < 4.78 is 55.3. The molecule has 3 rings (SSSR count). The van der Waals surface area contributed by atoms with E-state index >= 15 is 0 Å². The quantitative estimate of drug-likeness (QED) is 0.712. The lowest BCUT2D eigenvalue weighted by molar-refractivity contribution is -0.138. The monoisotopic (exact) mass is 414 g/mol. The third-order valence-corrected chi connectivity index (χ3v) is 5.30. The summed E-state index contributed by atoms with van der Waals surface area (Å²) in [5.41, 5.74) is -1.26. The summed E-state index contributed by atoms with van der Waals surface area (Å²) in [6.45, 7) is 2.36. The van der Waals surface area contributed by atoms with Crippen molar-refractivity contribution in [3.05, 3.63) is 56.5 Å². The Hall–Kier alpha value is -0.860. The maximum atomic E-state index is 14.5. The zero-order valence-electron chi connectivity index (χ0n) is 12.9. The van der Waals surface area contributed by atoms with Gasteiger partial charge in [-0.25, -0.2) is 4.39 Å². The van der Waals surface area contributed by atoms with Crippen molar-refractivity contribution in [3.63, 3.8) is 0 Å². The molecule has 0 radical (unpaired) electrons. The number of halogens is 6. The van der Waals surface area contributed by atoms with E-state index in [2.05, 4.69) is 5.32 Å². The van der Waals surface area contributed by atoms with Crippen LogP contribution in [-0.2, 0) is 6.18 Å². The van der Waals surface area contributed by atoms with Gasteiger partial charge in [0, 0.05) is 36.6 Å². The molecule has 1 saturated heterocycles. The standard InChI is InChI=1S/C16H15ClF4N2S.ClH/c17-13-5-4-12(24-13)15(23-8-6-22-7-9-23)14-10(16(19,20)21)2-1-3-11(14)18;/h1-5,15,22H,6-9H2;1H/t15-;/m0./s1. The second kappa shape index (κ2) is 8.22. The summed E-state index contributed by atoms with van der Waals surface area (Å²) in [6, 6.07) is 5.61. The van der Waals surface area contributed by atoms with Crippen molar-refractivity contribution < 1.29 is 17.6 Å². The molecule has 1 fully saturated rings. The van der Waals surface area contributed by atoms with Crippen molar-refractivity contribution in [1.29, 1.82) is 0 Å². The average molecular weight is 415 g/mol. The molecule has 0 amide bonds. The number of thiophene rings is 1. The second-order valence-electron chi connectivity index (χ2n) is 5.53. The summed E-state index contributed by atoms with van der Waals surface area (Å²) in [7, 11) is 0. The fraction of sp³-hybridized carbons (Fsp3) is 0.375. The first kappa shape index (κ1) is 20.5. The zero-order chi connectivity index (χ0) is 17.3. The lowest BCUT2D eigenvalue weighted by Crippen LogP contribution is -2.45. The minimum Gasteiger partial charge on any atom is -0.314 e. The van der Waals surface area contributed by atoms with E-state index in [4.69, 9.17) is 11.6 Å². The molecule has 138 valence electrons. The lowest BCUT2D eigenvalue weighted by Gasteiger charge is -2.36. The Kier molecular flexibility index (Phi) is 6.73. The molecule has 0 spiro atoms. The first-order valence-electron chi connectivity index (χ1n) is 7.43. The van der Waals surface area contributed by atoms with Crippen LogP contribution in [-0.4, -0.2) is 31.1 Å². The first-order valence-corrected chi connectivity index (χ1v) is 8.63. The largest absolute Gasteiger partial charge is 0.416 e. The van der Waals surface area contributed by atoms with E-state index in [0.717, 1.165) is 18.2 Å². The van der Waals surface area contributed by atoms with Gasteiger partial charge in [-0.1, -0.05) is 17.7 Å². The molecule has 0 aliphatic carbocycles. The van der Waals surface area contributed by atoms with E-state index < -0.39 is 23.6 Å². The Morgan fingerprint density at radius 2 is 1.80 bits per heavy atom. The summed E-state index contributed by atoms with van der Waals surface area (Å²) in [5, 5.41) is 3.16. The summed E-state index contributed by atoms with van der Waals surface area (Å²) in [4.78, 5) is 2.48. The van der Waals surface area contributed by atoms with E-state index in [0.29, 0.717) is 35.4 Å². The predicted octanol–water partition coefficient (Wildman–Crippen LogP) is 4.98. The third-order valence-electron chi connectivity index (χ3n) is 4.01. The van der Waals surface area contributed by atoms with Crippen LogP contribution in [0.1, 0.15) is 22.0 Å². The van der Waals surface area contributed by atoms with Crippen LogP contribution in [0.15, 0.2) is 30.3 Å². The molecule has 0 bridgehead atoms. The highest BCUT2D eigenvalue weighted by Crippen LogP contribution is 2.42. The molecular formula is C16H16Cl2F4N2S. The van der Waals surface area contributed by atoms with E-state index in [1.165, 1.54) is 11.3 Å². The molecule has 1 aromatic heterocycles. The number of rotatable bonds is 3.